The molecule has 1 aliphatic heterocycles. The maximum absolute atomic E-state index is 13.3. The van der Waals surface area contributed by atoms with Crippen molar-refractivity contribution < 1.29 is 31.8 Å². The molecule has 1 aliphatic rings. The third kappa shape index (κ3) is 5.18. The van der Waals surface area contributed by atoms with E-state index < -0.39 is 34.6 Å². The molecule has 0 fully saturated rings. The average molecular weight is 571 g/mol. The molecule has 0 saturated heterocycles. The molecule has 1 radical (unpaired) electrons. The zero-order valence-electron chi connectivity index (χ0n) is 20.8. The smallest absolute Gasteiger partial charge is 0.493 e. The van der Waals surface area contributed by atoms with Crippen LogP contribution in [0.5, 0.6) is 5.88 Å². The van der Waals surface area contributed by atoms with Gasteiger partial charge in [0.1, 0.15) is 5.69 Å². The van der Waals surface area contributed by atoms with Gasteiger partial charge in [-0.25, -0.2) is 4.79 Å². The first-order valence-corrected chi connectivity index (χ1v) is 12.0. The van der Waals surface area contributed by atoms with E-state index in [1.807, 2.05) is 45.0 Å². The molecule has 2 aromatic carbocycles. The van der Waals surface area contributed by atoms with Gasteiger partial charge in [-0.15, -0.1) is 10.2 Å². The number of aromatic hydroxyl groups is 1. The molecule has 2 amide bonds. The van der Waals surface area contributed by atoms with Gasteiger partial charge in [-0.1, -0.05) is 43.3 Å². The number of imide groups is 1. The fraction of sp³-hybridized carbons (Fsp3) is 0.280. The summed E-state index contributed by atoms with van der Waals surface area (Å²) in [5, 5.41) is 18.6. The molecule has 1 aromatic heterocycles. The van der Waals surface area contributed by atoms with Crippen LogP contribution in [-0.2, 0) is 31.2 Å². The summed E-state index contributed by atoms with van der Waals surface area (Å²) < 4.78 is 1.66. The Kier molecular flexibility index (Phi) is 8.26. The Morgan fingerprint density at radius 1 is 0.892 bits per heavy atom. The molecule has 0 bridgehead atoms. The summed E-state index contributed by atoms with van der Waals surface area (Å²) >= 11 is 1.32. The summed E-state index contributed by atoms with van der Waals surface area (Å²) in [7, 11) is 2.55. The molecule has 10 nitrogen and oxygen atoms in total. The molecule has 0 aliphatic carbocycles. The standard InChI is InChI=1S/C25H25N5O5S.Cu/c1-13(2)12-30-21(31)16-10-11-17(36-15-8-6-14(3)7-9-15)19(18(16)22(30)32)26-27-20-23(33)28(4)25(35)29(5)24(20)34;/h6-11,13,33H,12H2,1-5H3;/q;+2. The van der Waals surface area contributed by atoms with E-state index >= 15 is 0 Å². The van der Waals surface area contributed by atoms with Crippen LogP contribution in [0.1, 0.15) is 40.1 Å². The number of hydrogen-bond donors (Lipinski definition) is 1. The minimum atomic E-state index is -0.844. The molecule has 37 heavy (non-hydrogen) atoms. The minimum Gasteiger partial charge on any atom is -0.493 e. The van der Waals surface area contributed by atoms with Crippen molar-refractivity contribution in [2.24, 2.45) is 30.2 Å². The first kappa shape index (κ1) is 28.1. The Morgan fingerprint density at radius 3 is 2.14 bits per heavy atom. The van der Waals surface area contributed by atoms with Crippen LogP contribution in [0, 0.1) is 12.8 Å². The van der Waals surface area contributed by atoms with Gasteiger partial charge < -0.3 is 5.11 Å². The van der Waals surface area contributed by atoms with Gasteiger partial charge in [0.2, 0.25) is 11.6 Å². The van der Waals surface area contributed by atoms with Crippen LogP contribution in [0.15, 0.2) is 66.0 Å². The molecule has 195 valence electrons. The van der Waals surface area contributed by atoms with Crippen molar-refractivity contribution in [2.45, 2.75) is 30.6 Å². The van der Waals surface area contributed by atoms with Crippen molar-refractivity contribution >= 4 is 35.0 Å². The van der Waals surface area contributed by atoms with Gasteiger partial charge in [0.15, 0.2) is 0 Å². The number of nitrogens with zero attached hydrogens (tertiary/aromatic N) is 5. The van der Waals surface area contributed by atoms with Gasteiger partial charge in [0.25, 0.3) is 17.4 Å². The third-order valence-corrected chi connectivity index (χ3v) is 6.79. The topological polar surface area (TPSA) is 126 Å². The van der Waals surface area contributed by atoms with E-state index in [2.05, 4.69) is 10.2 Å². The summed E-state index contributed by atoms with van der Waals surface area (Å²) in [5.41, 5.74) is -0.555. The van der Waals surface area contributed by atoms with E-state index in [-0.39, 0.29) is 46.3 Å². The number of amides is 2. The Morgan fingerprint density at radius 2 is 1.51 bits per heavy atom. The van der Waals surface area contributed by atoms with Gasteiger partial charge in [0, 0.05) is 30.4 Å². The number of aromatic nitrogens is 2. The summed E-state index contributed by atoms with van der Waals surface area (Å²) in [5.74, 6) is -1.52. The van der Waals surface area contributed by atoms with Gasteiger partial charge in [0.05, 0.1) is 11.1 Å². The largest absolute Gasteiger partial charge is 2.00 e. The summed E-state index contributed by atoms with van der Waals surface area (Å²) in [4.78, 5) is 53.6. The molecule has 0 atom stereocenters. The second-order valence-corrected chi connectivity index (χ2v) is 10.1. The number of rotatable bonds is 6. The zero-order chi connectivity index (χ0) is 26.3. The van der Waals surface area contributed by atoms with Crippen LogP contribution < -0.4 is 11.2 Å². The third-order valence-electron chi connectivity index (χ3n) is 5.73. The number of hydrogen-bond acceptors (Lipinski definition) is 8. The second kappa shape index (κ2) is 10.9. The number of benzene rings is 2. The van der Waals surface area contributed by atoms with Gasteiger partial charge in [-0.3, -0.25) is 28.4 Å². The molecule has 2 heterocycles. The normalized spacial score (nSPS) is 13.0. The van der Waals surface area contributed by atoms with Gasteiger partial charge >= 0.3 is 22.8 Å². The van der Waals surface area contributed by atoms with Crippen molar-refractivity contribution in [1.29, 1.82) is 0 Å². The molecule has 12 heteroatoms. The quantitative estimate of drug-likeness (QED) is 0.272. The van der Waals surface area contributed by atoms with E-state index in [9.17, 15) is 24.3 Å². The van der Waals surface area contributed by atoms with Crippen molar-refractivity contribution in [3.8, 4) is 5.88 Å². The van der Waals surface area contributed by atoms with E-state index in [1.54, 1.807) is 12.1 Å². The minimum absolute atomic E-state index is 0. The Hall–Kier alpha value is -3.47. The van der Waals surface area contributed by atoms with Gasteiger partial charge in [-0.2, -0.15) is 0 Å². The van der Waals surface area contributed by atoms with Crippen LogP contribution in [-0.4, -0.2) is 37.5 Å². The SMILES string of the molecule is Cc1ccc(Sc2ccc3c(c2N=Nc2c(O)n(C)c(=O)n(C)c2=O)C(=O)N(CC(C)C)C3=O)cc1.[Cu+2]. The first-order valence-electron chi connectivity index (χ1n) is 11.2. The Bertz CT molecular complexity index is 1540. The van der Waals surface area contributed by atoms with E-state index in [0.29, 0.717) is 4.90 Å². The predicted molar refractivity (Wildman–Crippen MR) is 135 cm³/mol. The zero-order valence-corrected chi connectivity index (χ0v) is 22.5. The predicted octanol–water partition coefficient (Wildman–Crippen LogP) is 3.91. The van der Waals surface area contributed by atoms with Crippen molar-refractivity contribution in [1.82, 2.24) is 14.0 Å². The van der Waals surface area contributed by atoms with Crippen molar-refractivity contribution in [2.75, 3.05) is 6.54 Å². The first-order chi connectivity index (χ1) is 17.0. The van der Waals surface area contributed by atoms with Crippen LogP contribution in [0.3, 0.4) is 0 Å². The second-order valence-electron chi connectivity index (χ2n) is 8.94. The van der Waals surface area contributed by atoms with E-state index in [0.717, 1.165) is 19.6 Å². The number of fused-ring (bicyclic) bond motifs is 1. The summed E-state index contributed by atoms with van der Waals surface area (Å²) in [6.45, 7) is 6.02. The van der Waals surface area contributed by atoms with Gasteiger partial charge in [-0.05, 0) is 37.1 Å². The van der Waals surface area contributed by atoms with Crippen LogP contribution in [0.2, 0.25) is 0 Å². The average Bonchev–Trinajstić information content (AvgIpc) is 3.08. The molecule has 0 spiro atoms. The summed E-state index contributed by atoms with van der Waals surface area (Å²) in [6.07, 6.45) is 0. The number of carbonyl (C=O) groups excluding carboxylic acids is 2. The molecule has 1 N–H and O–H groups in total. The molecular weight excluding hydrogens is 546 g/mol. The Labute approximate surface area is 227 Å². The van der Waals surface area contributed by atoms with Crippen molar-refractivity contribution in [3.63, 3.8) is 0 Å². The van der Waals surface area contributed by atoms with Crippen LogP contribution in [0.4, 0.5) is 11.4 Å². The van der Waals surface area contributed by atoms with E-state index in [4.69, 9.17) is 0 Å². The Balaban J connectivity index is 0.00000380. The fourth-order valence-electron chi connectivity index (χ4n) is 3.79. The molecule has 0 saturated carbocycles. The summed E-state index contributed by atoms with van der Waals surface area (Å²) in [6, 6.07) is 11.0. The molecule has 3 aromatic rings. The molecule has 0 unspecified atom stereocenters. The van der Waals surface area contributed by atoms with Crippen LogP contribution >= 0.6 is 11.8 Å². The monoisotopic (exact) mass is 570 g/mol. The number of carbonyl (C=O) groups is 2. The number of azo groups is 1. The maximum atomic E-state index is 13.3. The maximum Gasteiger partial charge on any atom is 2.00 e. The number of aryl methyl sites for hydroxylation is 1. The molecular formula is C25H25CuN5O5S+2. The molecule has 4 rings (SSSR count). The fourth-order valence-corrected chi connectivity index (χ4v) is 4.69. The van der Waals surface area contributed by atoms with Crippen LogP contribution in [0.25, 0.3) is 0 Å². The van der Waals surface area contributed by atoms with Crippen molar-refractivity contribution in [3.05, 3.63) is 73.9 Å². The van der Waals surface area contributed by atoms with E-state index in [1.165, 1.54) is 30.8 Å².